The molecule has 0 bridgehead atoms. The number of rotatable bonds is 5. The number of pyridine rings is 1. The summed E-state index contributed by atoms with van der Waals surface area (Å²) in [6.45, 7) is 2.93. The van der Waals surface area contributed by atoms with Crippen LogP contribution in [0.3, 0.4) is 0 Å². The highest BCUT2D eigenvalue weighted by atomic mass is 16.5. The third-order valence-electron chi connectivity index (χ3n) is 5.61. The SMILES string of the molecule is Cn1cc(-c2cnc(OC3CCN(Cc4ccnc5ccccc45)CC3)nc2)cn1. The molecule has 0 N–H and O–H groups in total. The van der Waals surface area contributed by atoms with Gasteiger partial charge in [-0.25, -0.2) is 9.97 Å². The fourth-order valence-electron chi connectivity index (χ4n) is 3.96. The van der Waals surface area contributed by atoms with Gasteiger partial charge in [-0.05, 0) is 30.5 Å². The largest absolute Gasteiger partial charge is 0.460 e. The monoisotopic (exact) mass is 400 g/mol. The van der Waals surface area contributed by atoms with Gasteiger partial charge in [-0.1, -0.05) is 18.2 Å². The summed E-state index contributed by atoms with van der Waals surface area (Å²) in [6, 6.07) is 10.9. The molecule has 30 heavy (non-hydrogen) atoms. The van der Waals surface area contributed by atoms with Gasteiger partial charge >= 0.3 is 6.01 Å². The van der Waals surface area contributed by atoms with Crippen LogP contribution in [-0.4, -0.2) is 48.8 Å². The minimum atomic E-state index is 0.152. The molecule has 4 aromatic rings. The van der Waals surface area contributed by atoms with Crippen LogP contribution < -0.4 is 4.74 Å². The van der Waals surface area contributed by atoms with Crippen molar-refractivity contribution in [2.45, 2.75) is 25.5 Å². The maximum Gasteiger partial charge on any atom is 0.316 e. The maximum atomic E-state index is 6.04. The molecule has 4 heterocycles. The Morgan fingerprint density at radius 2 is 1.77 bits per heavy atom. The number of piperidine rings is 1. The molecule has 7 nitrogen and oxygen atoms in total. The predicted octanol–water partition coefficient (Wildman–Crippen LogP) is 3.47. The van der Waals surface area contributed by atoms with Crippen LogP contribution in [0.4, 0.5) is 0 Å². The van der Waals surface area contributed by atoms with Gasteiger partial charge in [-0.15, -0.1) is 0 Å². The van der Waals surface area contributed by atoms with Crippen LogP contribution >= 0.6 is 0 Å². The molecule has 0 aliphatic carbocycles. The Bertz CT molecular complexity index is 1130. The molecule has 5 rings (SSSR count). The smallest absolute Gasteiger partial charge is 0.316 e. The Morgan fingerprint density at radius 3 is 2.53 bits per heavy atom. The van der Waals surface area contributed by atoms with E-state index in [-0.39, 0.29) is 6.10 Å². The van der Waals surface area contributed by atoms with Gasteiger partial charge in [-0.3, -0.25) is 14.6 Å². The number of aryl methyl sites for hydroxylation is 1. The molecule has 0 spiro atoms. The number of likely N-dealkylation sites (tertiary alicyclic amines) is 1. The van der Waals surface area contributed by atoms with Crippen LogP contribution in [-0.2, 0) is 13.6 Å². The number of ether oxygens (including phenoxy) is 1. The van der Waals surface area contributed by atoms with Crippen molar-refractivity contribution in [3.05, 3.63) is 66.9 Å². The molecular formula is C23H24N6O. The fraction of sp³-hybridized carbons (Fsp3) is 0.304. The topological polar surface area (TPSA) is 69.0 Å². The first kappa shape index (κ1) is 18.7. The molecule has 0 radical (unpaired) electrons. The first-order valence-electron chi connectivity index (χ1n) is 10.3. The highest BCUT2D eigenvalue weighted by Crippen LogP contribution is 2.22. The zero-order chi connectivity index (χ0) is 20.3. The van der Waals surface area contributed by atoms with Gasteiger partial charge in [0.15, 0.2) is 0 Å². The summed E-state index contributed by atoms with van der Waals surface area (Å²) in [6.07, 6.45) is 11.3. The summed E-state index contributed by atoms with van der Waals surface area (Å²) in [4.78, 5) is 15.7. The van der Waals surface area contributed by atoms with Crippen molar-refractivity contribution in [1.29, 1.82) is 0 Å². The summed E-state index contributed by atoms with van der Waals surface area (Å²) < 4.78 is 7.81. The summed E-state index contributed by atoms with van der Waals surface area (Å²) in [5.74, 6) is 0. The van der Waals surface area contributed by atoms with Crippen LogP contribution in [0.1, 0.15) is 18.4 Å². The van der Waals surface area contributed by atoms with Crippen molar-refractivity contribution in [3.8, 4) is 17.1 Å². The maximum absolute atomic E-state index is 6.04. The lowest BCUT2D eigenvalue weighted by molar-refractivity contribution is 0.0894. The van der Waals surface area contributed by atoms with Crippen molar-refractivity contribution in [3.63, 3.8) is 0 Å². The molecule has 0 atom stereocenters. The van der Waals surface area contributed by atoms with E-state index in [0.29, 0.717) is 6.01 Å². The Balaban J connectivity index is 1.17. The average Bonchev–Trinajstić information content (AvgIpc) is 3.22. The van der Waals surface area contributed by atoms with E-state index in [1.54, 1.807) is 23.3 Å². The van der Waals surface area contributed by atoms with Crippen molar-refractivity contribution >= 4 is 10.9 Å². The summed E-state index contributed by atoms with van der Waals surface area (Å²) >= 11 is 0. The molecule has 1 fully saturated rings. The molecule has 152 valence electrons. The van der Waals surface area contributed by atoms with Crippen LogP contribution in [0, 0.1) is 0 Å². The second kappa shape index (κ2) is 8.20. The van der Waals surface area contributed by atoms with E-state index in [1.165, 1.54) is 10.9 Å². The first-order chi connectivity index (χ1) is 14.7. The summed E-state index contributed by atoms with van der Waals surface area (Å²) in [7, 11) is 1.89. The molecule has 7 heteroatoms. The minimum Gasteiger partial charge on any atom is -0.460 e. The average molecular weight is 400 g/mol. The number of fused-ring (bicyclic) bond motifs is 1. The van der Waals surface area contributed by atoms with E-state index in [0.717, 1.165) is 49.1 Å². The second-order valence-corrected chi connectivity index (χ2v) is 7.74. The van der Waals surface area contributed by atoms with E-state index in [4.69, 9.17) is 4.74 Å². The van der Waals surface area contributed by atoms with E-state index in [1.807, 2.05) is 25.5 Å². The van der Waals surface area contributed by atoms with Gasteiger partial charge in [0.2, 0.25) is 0 Å². The number of para-hydroxylation sites is 1. The third kappa shape index (κ3) is 4.02. The lowest BCUT2D eigenvalue weighted by Crippen LogP contribution is -2.38. The highest BCUT2D eigenvalue weighted by Gasteiger charge is 2.22. The number of benzene rings is 1. The van der Waals surface area contributed by atoms with E-state index in [9.17, 15) is 0 Å². The van der Waals surface area contributed by atoms with Crippen LogP contribution in [0.15, 0.2) is 61.3 Å². The van der Waals surface area contributed by atoms with E-state index < -0.39 is 0 Å². The molecule has 0 unspecified atom stereocenters. The highest BCUT2D eigenvalue weighted by molar-refractivity contribution is 5.81. The zero-order valence-electron chi connectivity index (χ0n) is 17.0. The Labute approximate surface area is 175 Å². The third-order valence-corrected chi connectivity index (χ3v) is 5.61. The normalized spacial score (nSPS) is 15.5. The fourth-order valence-corrected chi connectivity index (χ4v) is 3.96. The van der Waals surface area contributed by atoms with Crippen molar-refractivity contribution < 1.29 is 4.74 Å². The van der Waals surface area contributed by atoms with Gasteiger partial charge in [-0.2, -0.15) is 5.10 Å². The molecule has 1 saturated heterocycles. The van der Waals surface area contributed by atoms with Gasteiger partial charge in [0.1, 0.15) is 6.10 Å². The van der Waals surface area contributed by atoms with Gasteiger partial charge < -0.3 is 4.74 Å². The summed E-state index contributed by atoms with van der Waals surface area (Å²) in [5, 5.41) is 5.42. The molecular weight excluding hydrogens is 376 g/mol. The molecule has 3 aromatic heterocycles. The Kier molecular flexibility index (Phi) is 5.11. The molecule has 0 amide bonds. The molecule has 1 aliphatic rings. The number of nitrogens with zero attached hydrogens (tertiary/aromatic N) is 6. The van der Waals surface area contributed by atoms with Gasteiger partial charge in [0, 0.05) is 68.0 Å². The number of hydrogen-bond donors (Lipinski definition) is 0. The van der Waals surface area contributed by atoms with E-state index in [2.05, 4.69) is 49.2 Å². The Morgan fingerprint density at radius 1 is 0.967 bits per heavy atom. The standard InChI is InChI=1S/C23H24N6O/c1-28-15-19(14-27-28)18-12-25-23(26-13-18)30-20-7-10-29(11-8-20)16-17-6-9-24-22-5-3-2-4-21(17)22/h2-6,9,12-15,20H,7-8,10-11,16H2,1H3. The Hall–Kier alpha value is -3.32. The molecule has 1 aromatic carbocycles. The van der Waals surface area contributed by atoms with Crippen LogP contribution in [0.2, 0.25) is 0 Å². The van der Waals surface area contributed by atoms with E-state index >= 15 is 0 Å². The lowest BCUT2D eigenvalue weighted by atomic mass is 10.0. The first-order valence-corrected chi connectivity index (χ1v) is 10.3. The zero-order valence-corrected chi connectivity index (χ0v) is 17.0. The van der Waals surface area contributed by atoms with Crippen LogP contribution in [0.5, 0.6) is 6.01 Å². The van der Waals surface area contributed by atoms with Gasteiger partial charge in [0.25, 0.3) is 0 Å². The number of hydrogen-bond acceptors (Lipinski definition) is 6. The molecule has 1 aliphatic heterocycles. The predicted molar refractivity (Wildman–Crippen MR) is 115 cm³/mol. The van der Waals surface area contributed by atoms with Gasteiger partial charge in [0.05, 0.1) is 11.7 Å². The van der Waals surface area contributed by atoms with Crippen molar-refractivity contribution in [1.82, 2.24) is 29.6 Å². The summed E-state index contributed by atoms with van der Waals surface area (Å²) in [5.41, 5.74) is 4.32. The molecule has 0 saturated carbocycles. The van der Waals surface area contributed by atoms with Crippen molar-refractivity contribution in [2.75, 3.05) is 13.1 Å². The lowest BCUT2D eigenvalue weighted by Gasteiger charge is -2.31. The van der Waals surface area contributed by atoms with Crippen LogP contribution in [0.25, 0.3) is 22.0 Å². The number of aromatic nitrogens is 5. The quantitative estimate of drug-likeness (QED) is 0.511. The minimum absolute atomic E-state index is 0.152. The second-order valence-electron chi connectivity index (χ2n) is 7.74. The van der Waals surface area contributed by atoms with Crippen molar-refractivity contribution in [2.24, 2.45) is 7.05 Å².